The first kappa shape index (κ1) is 24.4. The van der Waals surface area contributed by atoms with Crippen LogP contribution in [0.5, 0.6) is 5.75 Å². The Labute approximate surface area is 196 Å². The lowest BCUT2D eigenvalue weighted by atomic mass is 10.1. The first-order valence-corrected chi connectivity index (χ1v) is 12.3. The highest BCUT2D eigenvalue weighted by Crippen LogP contribution is 2.31. The van der Waals surface area contributed by atoms with Gasteiger partial charge in [-0.15, -0.1) is 11.3 Å². The van der Waals surface area contributed by atoms with Gasteiger partial charge in [0, 0.05) is 43.5 Å². The van der Waals surface area contributed by atoms with E-state index in [1.54, 1.807) is 12.0 Å². The molecule has 6 nitrogen and oxygen atoms in total. The maximum atomic E-state index is 14.1. The fourth-order valence-electron chi connectivity index (χ4n) is 3.63. The summed E-state index contributed by atoms with van der Waals surface area (Å²) in [6.45, 7) is -0.195. The second-order valence-electron chi connectivity index (χ2n) is 7.40. The first-order valence-electron chi connectivity index (χ1n) is 9.98. The topological polar surface area (TPSA) is 62.7 Å². The number of sulfonamides is 1. The Morgan fingerprint density at radius 2 is 1.53 bits per heavy atom. The summed E-state index contributed by atoms with van der Waals surface area (Å²) in [4.78, 5) is 4.52. The van der Waals surface area contributed by atoms with Gasteiger partial charge in [0.25, 0.3) is 0 Å². The molecule has 1 saturated heterocycles. The van der Waals surface area contributed by atoms with E-state index in [9.17, 15) is 30.4 Å². The Bertz CT molecular complexity index is 1300. The van der Waals surface area contributed by atoms with Crippen LogP contribution in [0.25, 0.3) is 0 Å². The predicted octanol–water partition coefficient (Wildman–Crippen LogP) is 3.95. The molecule has 182 valence electrons. The maximum Gasteiger partial charge on any atom is 0.249 e. The monoisotopic (exact) mass is 519 g/mol. The Balaban J connectivity index is 1.48. The Kier molecular flexibility index (Phi) is 6.78. The first-order chi connectivity index (χ1) is 16.1. The van der Waals surface area contributed by atoms with Gasteiger partial charge in [0.15, 0.2) is 33.3 Å². The van der Waals surface area contributed by atoms with Gasteiger partial charge in [-0.1, -0.05) is 18.2 Å². The number of thiazole rings is 1. The molecule has 1 aliphatic heterocycles. The standard InChI is InChI=1S/C21H18F5N3O3S2/c1-32-14-5-3-2-4-12(14)10-13-11-33-21(27-13)28-6-8-29(9-7-28)34(30,31)20-18(25)16(23)15(22)17(24)19(20)26/h2-5,11H,6-10H2,1H3. The van der Waals surface area contributed by atoms with Crippen LogP contribution in [0.2, 0.25) is 0 Å². The Morgan fingerprint density at radius 3 is 2.15 bits per heavy atom. The van der Waals surface area contributed by atoms with Gasteiger partial charge in [0.05, 0.1) is 12.8 Å². The molecule has 0 unspecified atom stereocenters. The molecule has 34 heavy (non-hydrogen) atoms. The molecule has 0 amide bonds. The number of hydrogen-bond donors (Lipinski definition) is 0. The van der Waals surface area contributed by atoms with E-state index < -0.39 is 44.0 Å². The lowest BCUT2D eigenvalue weighted by Gasteiger charge is -2.33. The van der Waals surface area contributed by atoms with Crippen molar-refractivity contribution in [2.24, 2.45) is 0 Å². The van der Waals surface area contributed by atoms with Gasteiger partial charge in [-0.2, -0.15) is 4.31 Å². The number of halogens is 5. The molecule has 0 radical (unpaired) electrons. The number of aromatic nitrogens is 1. The average molecular weight is 520 g/mol. The molecule has 4 rings (SSSR count). The van der Waals surface area contributed by atoms with E-state index in [1.807, 2.05) is 29.6 Å². The van der Waals surface area contributed by atoms with Crippen LogP contribution in [-0.2, 0) is 16.4 Å². The van der Waals surface area contributed by atoms with Gasteiger partial charge in [-0.25, -0.2) is 35.4 Å². The van der Waals surface area contributed by atoms with Gasteiger partial charge in [-0.05, 0) is 6.07 Å². The molecular formula is C21H18F5N3O3S2. The van der Waals surface area contributed by atoms with Crippen molar-refractivity contribution in [2.45, 2.75) is 11.3 Å². The number of piperazine rings is 1. The SMILES string of the molecule is COc1ccccc1Cc1csc(N2CCN(S(=O)(=O)c3c(F)c(F)c(F)c(F)c3F)CC2)n1. The third kappa shape index (κ3) is 4.34. The highest BCUT2D eigenvalue weighted by Gasteiger charge is 2.38. The summed E-state index contributed by atoms with van der Waals surface area (Å²) in [5, 5.41) is 2.48. The molecular weight excluding hydrogens is 501 g/mol. The highest BCUT2D eigenvalue weighted by molar-refractivity contribution is 7.89. The number of benzene rings is 2. The van der Waals surface area contributed by atoms with E-state index in [4.69, 9.17) is 4.74 Å². The summed E-state index contributed by atoms with van der Waals surface area (Å²) in [5.74, 6) is -11.0. The largest absolute Gasteiger partial charge is 0.496 e. The normalized spacial score (nSPS) is 15.1. The molecule has 1 fully saturated rings. The Morgan fingerprint density at radius 1 is 0.941 bits per heavy atom. The molecule has 0 bridgehead atoms. The van der Waals surface area contributed by atoms with Crippen molar-refractivity contribution in [1.82, 2.24) is 9.29 Å². The van der Waals surface area contributed by atoms with Gasteiger partial charge in [-0.3, -0.25) is 0 Å². The molecule has 0 N–H and O–H groups in total. The third-order valence-corrected chi connectivity index (χ3v) is 8.25. The van der Waals surface area contributed by atoms with Crippen molar-refractivity contribution < 1.29 is 35.1 Å². The maximum absolute atomic E-state index is 14.1. The molecule has 0 spiro atoms. The molecule has 0 aliphatic carbocycles. The van der Waals surface area contributed by atoms with Crippen LogP contribution in [0.1, 0.15) is 11.3 Å². The predicted molar refractivity (Wildman–Crippen MR) is 115 cm³/mol. The average Bonchev–Trinajstić information content (AvgIpc) is 3.30. The smallest absolute Gasteiger partial charge is 0.249 e. The van der Waals surface area contributed by atoms with Crippen molar-refractivity contribution >= 4 is 26.5 Å². The minimum atomic E-state index is -4.95. The number of anilines is 1. The number of rotatable bonds is 6. The van der Waals surface area contributed by atoms with Crippen molar-refractivity contribution in [1.29, 1.82) is 0 Å². The van der Waals surface area contributed by atoms with Crippen LogP contribution in [0, 0.1) is 29.1 Å². The minimum absolute atomic E-state index is 0.121. The summed E-state index contributed by atoms with van der Waals surface area (Å²) >= 11 is 1.35. The van der Waals surface area contributed by atoms with E-state index in [-0.39, 0.29) is 26.2 Å². The molecule has 0 saturated carbocycles. The molecule has 1 aliphatic rings. The van der Waals surface area contributed by atoms with E-state index in [0.29, 0.717) is 15.9 Å². The highest BCUT2D eigenvalue weighted by atomic mass is 32.2. The van der Waals surface area contributed by atoms with Crippen LogP contribution in [0.4, 0.5) is 27.1 Å². The summed E-state index contributed by atoms with van der Waals surface area (Å²) in [5.41, 5.74) is 1.72. The lowest BCUT2D eigenvalue weighted by molar-refractivity contribution is 0.344. The van der Waals surface area contributed by atoms with Crippen LogP contribution >= 0.6 is 11.3 Å². The van der Waals surface area contributed by atoms with Gasteiger partial charge < -0.3 is 9.64 Å². The lowest BCUT2D eigenvalue weighted by Crippen LogP contribution is -2.49. The molecule has 3 aromatic rings. The fraction of sp³-hybridized carbons (Fsp3) is 0.286. The van der Waals surface area contributed by atoms with Crippen molar-refractivity contribution in [3.63, 3.8) is 0 Å². The molecule has 13 heteroatoms. The summed E-state index contributed by atoms with van der Waals surface area (Å²) < 4.78 is 99.9. The summed E-state index contributed by atoms with van der Waals surface area (Å²) in [6, 6.07) is 7.50. The van der Waals surface area contributed by atoms with Crippen molar-refractivity contribution in [3.8, 4) is 5.75 Å². The second-order valence-corrected chi connectivity index (χ2v) is 10.1. The van der Waals surface area contributed by atoms with E-state index in [1.165, 1.54) is 11.3 Å². The molecule has 2 heterocycles. The van der Waals surface area contributed by atoms with Crippen LogP contribution < -0.4 is 9.64 Å². The van der Waals surface area contributed by atoms with Gasteiger partial charge in [0.1, 0.15) is 5.75 Å². The third-order valence-electron chi connectivity index (χ3n) is 5.38. The van der Waals surface area contributed by atoms with E-state index >= 15 is 0 Å². The number of ether oxygens (including phenoxy) is 1. The summed E-state index contributed by atoms with van der Waals surface area (Å²) in [7, 11) is -3.38. The Hall–Kier alpha value is -2.77. The number of para-hydroxylation sites is 1. The van der Waals surface area contributed by atoms with Gasteiger partial charge in [0.2, 0.25) is 15.8 Å². The zero-order chi connectivity index (χ0) is 24.6. The number of nitrogens with zero attached hydrogens (tertiary/aromatic N) is 3. The van der Waals surface area contributed by atoms with Crippen LogP contribution in [-0.4, -0.2) is 51.0 Å². The van der Waals surface area contributed by atoms with Crippen molar-refractivity contribution in [3.05, 3.63) is 70.0 Å². The zero-order valence-electron chi connectivity index (χ0n) is 17.7. The second kappa shape index (κ2) is 9.47. The molecule has 1 aromatic heterocycles. The number of hydrogen-bond acceptors (Lipinski definition) is 6. The quantitative estimate of drug-likeness (QED) is 0.281. The minimum Gasteiger partial charge on any atom is -0.496 e. The molecule has 2 aromatic carbocycles. The van der Waals surface area contributed by atoms with E-state index in [2.05, 4.69) is 4.98 Å². The van der Waals surface area contributed by atoms with Crippen molar-refractivity contribution in [2.75, 3.05) is 38.2 Å². The van der Waals surface area contributed by atoms with E-state index in [0.717, 1.165) is 17.0 Å². The number of methoxy groups -OCH3 is 1. The molecule has 0 atom stereocenters. The van der Waals surface area contributed by atoms with Crippen LogP contribution in [0.15, 0.2) is 34.5 Å². The summed E-state index contributed by atoms with van der Waals surface area (Å²) in [6.07, 6.45) is 0.523. The van der Waals surface area contributed by atoms with Gasteiger partial charge >= 0.3 is 0 Å². The fourth-order valence-corrected chi connectivity index (χ4v) is 6.04. The zero-order valence-corrected chi connectivity index (χ0v) is 19.3. The van der Waals surface area contributed by atoms with Crippen LogP contribution in [0.3, 0.4) is 0 Å².